The van der Waals surface area contributed by atoms with Gasteiger partial charge in [0.05, 0.1) is 34.9 Å². The average Bonchev–Trinajstić information content (AvgIpc) is 2.30. The Kier molecular flexibility index (Phi) is 1.95. The van der Waals surface area contributed by atoms with Crippen LogP contribution in [0.25, 0.3) is 0 Å². The molecule has 1 N–H and O–H groups in total. The number of halogens is 1. The molecule has 1 saturated heterocycles. The molecule has 3 nitrogen and oxygen atoms in total. The van der Waals surface area contributed by atoms with E-state index in [0.717, 1.165) is 6.42 Å². The van der Waals surface area contributed by atoms with Gasteiger partial charge in [0, 0.05) is 0 Å². The minimum absolute atomic E-state index is 0.0995. The number of rotatable bonds is 0. The van der Waals surface area contributed by atoms with E-state index >= 15 is 0 Å². The quantitative estimate of drug-likeness (QED) is 0.525. The summed E-state index contributed by atoms with van der Waals surface area (Å²) in [7, 11) is 0. The minimum atomic E-state index is 0.0995. The smallest absolute Gasteiger partial charge is 0.326 e. The van der Waals surface area contributed by atoms with E-state index in [1.165, 1.54) is 19.3 Å². The van der Waals surface area contributed by atoms with Crippen LogP contribution >= 0.6 is 22.9 Å². The fourth-order valence-corrected chi connectivity index (χ4v) is 2.73. The number of amides is 2. The molecule has 0 aromatic rings. The van der Waals surface area contributed by atoms with Crippen LogP contribution < -0.4 is 5.32 Å². The predicted octanol–water partition coefficient (Wildman–Crippen LogP) is 1.67. The molecular formula is C7H11IN2O. The molecule has 2 rings (SSSR count). The molecule has 0 aromatic heterocycles. The zero-order valence-corrected chi connectivity index (χ0v) is 8.37. The number of fused-ring (bicyclic) bond motifs is 1. The van der Waals surface area contributed by atoms with E-state index in [9.17, 15) is 4.79 Å². The van der Waals surface area contributed by atoms with Crippen LogP contribution in [-0.2, 0) is 0 Å². The second-order valence-corrected chi connectivity index (χ2v) is 4.26. The van der Waals surface area contributed by atoms with E-state index < -0.39 is 0 Å². The van der Waals surface area contributed by atoms with Crippen molar-refractivity contribution in [1.29, 1.82) is 0 Å². The van der Waals surface area contributed by atoms with E-state index in [-0.39, 0.29) is 6.03 Å². The molecule has 0 spiro atoms. The van der Waals surface area contributed by atoms with Gasteiger partial charge < -0.3 is 5.32 Å². The third-order valence-electron chi connectivity index (χ3n) is 2.52. The lowest BCUT2D eigenvalue weighted by Crippen LogP contribution is -2.35. The molecule has 2 aliphatic rings. The first-order valence-electron chi connectivity index (χ1n) is 4.04. The number of nitrogens with one attached hydrogen (secondary N) is 1. The highest BCUT2D eigenvalue weighted by Gasteiger charge is 2.39. The molecular weight excluding hydrogens is 255 g/mol. The Bertz CT molecular complexity index is 185. The van der Waals surface area contributed by atoms with Crippen molar-refractivity contribution < 1.29 is 4.79 Å². The molecule has 2 atom stereocenters. The Morgan fingerprint density at radius 2 is 2.18 bits per heavy atom. The number of nitrogens with zero attached hydrogens (tertiary/aromatic N) is 1. The minimum Gasteiger partial charge on any atom is -0.333 e. The Balaban J connectivity index is 2.11. The van der Waals surface area contributed by atoms with Crippen molar-refractivity contribution in [3.05, 3.63) is 0 Å². The zero-order chi connectivity index (χ0) is 7.84. The van der Waals surface area contributed by atoms with E-state index in [1.807, 2.05) is 3.11 Å². The van der Waals surface area contributed by atoms with Crippen molar-refractivity contribution in [2.75, 3.05) is 0 Å². The summed E-state index contributed by atoms with van der Waals surface area (Å²) >= 11 is 2.11. The highest BCUT2D eigenvalue weighted by Crippen LogP contribution is 2.29. The van der Waals surface area contributed by atoms with Gasteiger partial charge in [0.2, 0.25) is 0 Å². The highest BCUT2D eigenvalue weighted by atomic mass is 127. The molecule has 1 aliphatic heterocycles. The molecule has 0 aromatic carbocycles. The number of urea groups is 1. The van der Waals surface area contributed by atoms with Crippen molar-refractivity contribution in [3.8, 4) is 0 Å². The van der Waals surface area contributed by atoms with Crippen molar-refractivity contribution in [2.24, 2.45) is 0 Å². The Morgan fingerprint density at radius 3 is 2.91 bits per heavy atom. The average molecular weight is 266 g/mol. The summed E-state index contributed by atoms with van der Waals surface area (Å²) in [5.74, 6) is 0. The maximum absolute atomic E-state index is 11.1. The summed E-state index contributed by atoms with van der Waals surface area (Å²) in [6.45, 7) is 0. The molecule has 62 valence electrons. The second kappa shape index (κ2) is 2.80. The topological polar surface area (TPSA) is 32.3 Å². The lowest BCUT2D eigenvalue weighted by molar-refractivity contribution is 0.236. The van der Waals surface area contributed by atoms with Gasteiger partial charge in [-0.3, -0.25) is 3.11 Å². The first-order valence-corrected chi connectivity index (χ1v) is 5.01. The molecule has 4 heteroatoms. The molecule has 11 heavy (non-hydrogen) atoms. The maximum Gasteiger partial charge on any atom is 0.326 e. The van der Waals surface area contributed by atoms with Crippen LogP contribution in [0.2, 0.25) is 0 Å². The maximum atomic E-state index is 11.1. The molecule has 2 fully saturated rings. The fourth-order valence-electron chi connectivity index (χ4n) is 1.92. The summed E-state index contributed by atoms with van der Waals surface area (Å²) in [5.41, 5.74) is 0. The van der Waals surface area contributed by atoms with Crippen molar-refractivity contribution in [3.63, 3.8) is 0 Å². The van der Waals surface area contributed by atoms with Gasteiger partial charge in [0.25, 0.3) is 0 Å². The van der Waals surface area contributed by atoms with Crippen LogP contribution in [0.1, 0.15) is 25.7 Å². The molecule has 1 aliphatic carbocycles. The number of carbonyl (C=O) groups excluding carboxylic acids is 1. The van der Waals surface area contributed by atoms with Gasteiger partial charge in [-0.1, -0.05) is 12.8 Å². The monoisotopic (exact) mass is 266 g/mol. The molecule has 1 heterocycles. The van der Waals surface area contributed by atoms with Gasteiger partial charge in [-0.2, -0.15) is 0 Å². The van der Waals surface area contributed by atoms with Gasteiger partial charge in [0.15, 0.2) is 0 Å². The van der Waals surface area contributed by atoms with Gasteiger partial charge in [-0.15, -0.1) is 0 Å². The van der Waals surface area contributed by atoms with Gasteiger partial charge in [0.1, 0.15) is 0 Å². The summed E-state index contributed by atoms with van der Waals surface area (Å²) < 4.78 is 1.82. The van der Waals surface area contributed by atoms with Crippen molar-refractivity contribution in [2.45, 2.75) is 37.8 Å². The van der Waals surface area contributed by atoms with E-state index in [0.29, 0.717) is 12.1 Å². The van der Waals surface area contributed by atoms with Crippen LogP contribution in [0.5, 0.6) is 0 Å². The van der Waals surface area contributed by atoms with E-state index in [2.05, 4.69) is 28.2 Å². The lowest BCUT2D eigenvalue weighted by atomic mass is 9.92. The van der Waals surface area contributed by atoms with Gasteiger partial charge >= 0.3 is 6.03 Å². The normalized spacial score (nSPS) is 36.8. The Labute approximate surface area is 80.0 Å². The van der Waals surface area contributed by atoms with Crippen molar-refractivity contribution >= 4 is 28.9 Å². The number of hydrogen-bond donors (Lipinski definition) is 1. The van der Waals surface area contributed by atoms with Gasteiger partial charge in [-0.05, 0) is 12.8 Å². The predicted molar refractivity (Wildman–Crippen MR) is 50.4 cm³/mol. The lowest BCUT2D eigenvalue weighted by Gasteiger charge is -2.25. The van der Waals surface area contributed by atoms with Crippen molar-refractivity contribution in [1.82, 2.24) is 8.43 Å². The molecule has 2 amide bonds. The fraction of sp³-hybridized carbons (Fsp3) is 0.857. The summed E-state index contributed by atoms with van der Waals surface area (Å²) in [4.78, 5) is 11.1. The SMILES string of the molecule is O=C1NC2CCCCC2N1I. The summed E-state index contributed by atoms with van der Waals surface area (Å²) in [6.07, 6.45) is 4.88. The van der Waals surface area contributed by atoms with Crippen LogP contribution in [-0.4, -0.2) is 21.2 Å². The Morgan fingerprint density at radius 1 is 1.45 bits per heavy atom. The Hall–Kier alpha value is 0. The van der Waals surface area contributed by atoms with Crippen LogP contribution in [0.3, 0.4) is 0 Å². The van der Waals surface area contributed by atoms with Crippen LogP contribution in [0.15, 0.2) is 0 Å². The van der Waals surface area contributed by atoms with E-state index in [4.69, 9.17) is 0 Å². The molecule has 2 unspecified atom stereocenters. The van der Waals surface area contributed by atoms with E-state index in [1.54, 1.807) is 0 Å². The van der Waals surface area contributed by atoms with Crippen LogP contribution in [0.4, 0.5) is 4.79 Å². The summed E-state index contributed by atoms with van der Waals surface area (Å²) in [5, 5.41) is 2.99. The standard InChI is InChI=1S/C7H11IN2O/c8-10-6-4-2-1-3-5(6)9-7(10)11/h5-6H,1-4H2,(H,9,11). The third-order valence-corrected chi connectivity index (χ3v) is 3.68. The molecule has 1 saturated carbocycles. The third kappa shape index (κ3) is 1.21. The first-order chi connectivity index (χ1) is 5.29. The largest absolute Gasteiger partial charge is 0.333 e. The van der Waals surface area contributed by atoms with Crippen LogP contribution in [0, 0.1) is 0 Å². The molecule has 0 bridgehead atoms. The first kappa shape index (κ1) is 7.64. The molecule has 0 radical (unpaired) electrons. The number of carbonyl (C=O) groups is 1. The number of hydrogen-bond acceptors (Lipinski definition) is 1. The summed E-state index contributed by atoms with van der Waals surface area (Å²) in [6, 6.07) is 1.01. The second-order valence-electron chi connectivity index (χ2n) is 3.22. The zero-order valence-electron chi connectivity index (χ0n) is 6.22. The van der Waals surface area contributed by atoms with Gasteiger partial charge in [-0.25, -0.2) is 4.79 Å². The highest BCUT2D eigenvalue weighted by molar-refractivity contribution is 14.1.